The average Bonchev–Trinajstić information content (AvgIpc) is 2.68. The van der Waals surface area contributed by atoms with Crippen molar-refractivity contribution in [1.29, 1.82) is 0 Å². The van der Waals surface area contributed by atoms with Gasteiger partial charge in [0.25, 0.3) is 10.0 Å². The zero-order chi connectivity index (χ0) is 22.2. The molecule has 1 aliphatic rings. The first-order valence-electron chi connectivity index (χ1n) is 9.82. The summed E-state index contributed by atoms with van der Waals surface area (Å²) >= 11 is 0. The van der Waals surface area contributed by atoms with Gasteiger partial charge in [-0.2, -0.15) is 0 Å². The van der Waals surface area contributed by atoms with Crippen LogP contribution in [0.25, 0.3) is 0 Å². The van der Waals surface area contributed by atoms with E-state index >= 15 is 0 Å². The standard InChI is InChI=1S/C21H29N3O4S2/c1-21(2,3)29(25,26)17-9-11-18(12-10-17)30(27,28)22-19-7-5-6-8-20(19)24-15-13-23(4)14-16-24/h5-12,22H,13-16H2,1-4H3. The van der Waals surface area contributed by atoms with E-state index in [0.29, 0.717) is 5.69 Å². The number of para-hydroxylation sites is 2. The van der Waals surface area contributed by atoms with E-state index in [9.17, 15) is 16.8 Å². The Balaban J connectivity index is 1.86. The number of anilines is 2. The molecule has 1 saturated heterocycles. The van der Waals surface area contributed by atoms with Crippen LogP contribution in [-0.2, 0) is 19.9 Å². The van der Waals surface area contributed by atoms with Crippen LogP contribution in [-0.4, -0.2) is 59.7 Å². The van der Waals surface area contributed by atoms with Crippen molar-refractivity contribution in [3.63, 3.8) is 0 Å². The van der Waals surface area contributed by atoms with E-state index in [0.717, 1.165) is 31.9 Å². The monoisotopic (exact) mass is 451 g/mol. The van der Waals surface area contributed by atoms with Crippen LogP contribution in [0, 0.1) is 0 Å². The number of likely N-dealkylation sites (N-methyl/N-ethyl adjacent to an activating group) is 1. The second-order valence-electron chi connectivity index (χ2n) is 8.50. The van der Waals surface area contributed by atoms with Crippen LogP contribution in [0.5, 0.6) is 0 Å². The summed E-state index contributed by atoms with van der Waals surface area (Å²) in [6.45, 7) is 8.29. The summed E-state index contributed by atoms with van der Waals surface area (Å²) in [7, 11) is -5.35. The van der Waals surface area contributed by atoms with Crippen LogP contribution in [0.4, 0.5) is 11.4 Å². The van der Waals surface area contributed by atoms with Gasteiger partial charge in [0.1, 0.15) is 0 Å². The van der Waals surface area contributed by atoms with E-state index in [-0.39, 0.29) is 9.79 Å². The minimum absolute atomic E-state index is 0.0172. The predicted octanol–water partition coefficient (Wildman–Crippen LogP) is 2.81. The molecule has 2 aromatic rings. The summed E-state index contributed by atoms with van der Waals surface area (Å²) in [5.74, 6) is 0. The van der Waals surface area contributed by atoms with Gasteiger partial charge in [0.05, 0.1) is 25.9 Å². The SMILES string of the molecule is CN1CCN(c2ccccc2NS(=O)(=O)c2ccc(S(=O)(=O)C(C)(C)C)cc2)CC1. The maximum Gasteiger partial charge on any atom is 0.261 e. The molecule has 0 aliphatic carbocycles. The third kappa shape index (κ3) is 4.63. The summed E-state index contributed by atoms with van der Waals surface area (Å²) < 4.78 is 52.8. The molecule has 0 saturated carbocycles. The van der Waals surface area contributed by atoms with Crippen molar-refractivity contribution in [3.8, 4) is 0 Å². The second kappa shape index (κ2) is 8.20. The molecule has 0 aromatic heterocycles. The third-order valence-electron chi connectivity index (χ3n) is 5.24. The first-order chi connectivity index (χ1) is 13.9. The number of nitrogens with one attached hydrogen (secondary N) is 1. The van der Waals surface area contributed by atoms with Gasteiger partial charge in [0, 0.05) is 26.2 Å². The Labute approximate surface area is 179 Å². The van der Waals surface area contributed by atoms with Gasteiger partial charge < -0.3 is 9.80 Å². The fraction of sp³-hybridized carbons (Fsp3) is 0.429. The van der Waals surface area contributed by atoms with Crippen molar-refractivity contribution in [2.45, 2.75) is 35.3 Å². The highest BCUT2D eigenvalue weighted by Gasteiger charge is 2.31. The summed E-state index contributed by atoms with van der Waals surface area (Å²) in [6, 6.07) is 12.7. The maximum absolute atomic E-state index is 13.0. The Morgan fingerprint density at radius 1 is 0.800 bits per heavy atom. The van der Waals surface area contributed by atoms with Gasteiger partial charge in [-0.3, -0.25) is 4.72 Å². The quantitative estimate of drug-likeness (QED) is 0.752. The fourth-order valence-electron chi connectivity index (χ4n) is 3.24. The summed E-state index contributed by atoms with van der Waals surface area (Å²) in [5.41, 5.74) is 1.34. The number of sulfone groups is 1. The minimum Gasteiger partial charge on any atom is -0.367 e. The number of hydrogen-bond donors (Lipinski definition) is 1. The lowest BCUT2D eigenvalue weighted by Crippen LogP contribution is -2.44. The molecule has 30 heavy (non-hydrogen) atoms. The van der Waals surface area contributed by atoms with E-state index in [1.807, 2.05) is 12.1 Å². The predicted molar refractivity (Wildman–Crippen MR) is 120 cm³/mol. The van der Waals surface area contributed by atoms with E-state index in [1.54, 1.807) is 32.9 Å². The molecule has 2 aromatic carbocycles. The molecule has 9 heteroatoms. The molecular weight excluding hydrogens is 422 g/mol. The topological polar surface area (TPSA) is 86.8 Å². The molecule has 0 bridgehead atoms. The summed E-state index contributed by atoms with van der Waals surface area (Å²) in [4.78, 5) is 4.52. The van der Waals surface area contributed by atoms with E-state index in [2.05, 4.69) is 21.6 Å². The van der Waals surface area contributed by atoms with E-state index in [1.165, 1.54) is 24.3 Å². The smallest absolute Gasteiger partial charge is 0.261 e. The maximum atomic E-state index is 13.0. The molecule has 1 N–H and O–H groups in total. The van der Waals surface area contributed by atoms with Crippen LogP contribution < -0.4 is 9.62 Å². The highest BCUT2D eigenvalue weighted by atomic mass is 32.2. The lowest BCUT2D eigenvalue weighted by molar-refractivity contribution is 0.313. The number of rotatable bonds is 5. The first kappa shape index (κ1) is 22.6. The molecular formula is C21H29N3O4S2. The van der Waals surface area contributed by atoms with Gasteiger partial charge in [-0.05, 0) is 64.2 Å². The van der Waals surface area contributed by atoms with Crippen LogP contribution in [0.2, 0.25) is 0 Å². The molecule has 0 spiro atoms. The molecule has 1 fully saturated rings. The third-order valence-corrected chi connectivity index (χ3v) is 9.13. The van der Waals surface area contributed by atoms with Gasteiger partial charge in [0.2, 0.25) is 0 Å². The molecule has 1 aliphatic heterocycles. The highest BCUT2D eigenvalue weighted by Crippen LogP contribution is 2.30. The van der Waals surface area contributed by atoms with Crippen molar-refractivity contribution in [2.24, 2.45) is 0 Å². The Hall–Kier alpha value is -2.10. The lowest BCUT2D eigenvalue weighted by Gasteiger charge is -2.35. The van der Waals surface area contributed by atoms with Crippen molar-refractivity contribution in [3.05, 3.63) is 48.5 Å². The fourth-order valence-corrected chi connectivity index (χ4v) is 5.51. The lowest BCUT2D eigenvalue weighted by atomic mass is 10.2. The summed E-state index contributed by atoms with van der Waals surface area (Å²) in [6.07, 6.45) is 0. The largest absolute Gasteiger partial charge is 0.367 e. The second-order valence-corrected chi connectivity index (χ2v) is 12.9. The highest BCUT2D eigenvalue weighted by molar-refractivity contribution is 7.93. The molecule has 0 unspecified atom stereocenters. The molecule has 0 atom stereocenters. The van der Waals surface area contributed by atoms with Crippen LogP contribution >= 0.6 is 0 Å². The zero-order valence-corrected chi connectivity index (χ0v) is 19.4. The van der Waals surface area contributed by atoms with Gasteiger partial charge in [-0.1, -0.05) is 12.1 Å². The molecule has 0 radical (unpaired) electrons. The molecule has 7 nitrogen and oxygen atoms in total. The van der Waals surface area contributed by atoms with Crippen LogP contribution in [0.3, 0.4) is 0 Å². The molecule has 164 valence electrons. The van der Waals surface area contributed by atoms with Crippen LogP contribution in [0.1, 0.15) is 20.8 Å². The number of piperazine rings is 1. The van der Waals surface area contributed by atoms with Crippen molar-refractivity contribution < 1.29 is 16.8 Å². The Morgan fingerprint density at radius 2 is 1.33 bits per heavy atom. The average molecular weight is 452 g/mol. The Kier molecular flexibility index (Phi) is 6.18. The van der Waals surface area contributed by atoms with Gasteiger partial charge in [-0.25, -0.2) is 16.8 Å². The number of benzene rings is 2. The normalized spacial score (nSPS) is 16.5. The van der Waals surface area contributed by atoms with E-state index in [4.69, 9.17) is 0 Å². The number of sulfonamides is 1. The molecule has 1 heterocycles. The Morgan fingerprint density at radius 3 is 1.90 bits per heavy atom. The minimum atomic E-state index is -3.86. The van der Waals surface area contributed by atoms with Gasteiger partial charge >= 0.3 is 0 Å². The summed E-state index contributed by atoms with van der Waals surface area (Å²) in [5, 5.41) is 0. The first-order valence-corrected chi connectivity index (χ1v) is 12.8. The number of nitrogens with zero attached hydrogens (tertiary/aromatic N) is 2. The zero-order valence-electron chi connectivity index (χ0n) is 17.8. The molecule has 3 rings (SSSR count). The van der Waals surface area contributed by atoms with Crippen LogP contribution in [0.15, 0.2) is 58.3 Å². The van der Waals surface area contributed by atoms with Gasteiger partial charge in [-0.15, -0.1) is 0 Å². The van der Waals surface area contributed by atoms with Crippen molar-refractivity contribution in [1.82, 2.24) is 4.90 Å². The molecule has 0 amide bonds. The van der Waals surface area contributed by atoms with Crippen molar-refractivity contribution >= 4 is 31.2 Å². The van der Waals surface area contributed by atoms with E-state index < -0.39 is 24.6 Å². The van der Waals surface area contributed by atoms with Gasteiger partial charge in [0.15, 0.2) is 9.84 Å². The number of hydrogen-bond acceptors (Lipinski definition) is 6. The van der Waals surface area contributed by atoms with Crippen molar-refractivity contribution in [2.75, 3.05) is 42.8 Å². The Bertz CT molecular complexity index is 1100.